The molecule has 1 aromatic rings. The number of aryl methyl sites for hydroxylation is 1. The lowest BCUT2D eigenvalue weighted by Crippen LogP contribution is -2.14. The topological polar surface area (TPSA) is 65.2 Å². The molecule has 94 valence electrons. The van der Waals surface area contributed by atoms with Crippen molar-refractivity contribution in [2.24, 2.45) is 5.73 Å². The second kappa shape index (κ2) is 5.67. The third-order valence-electron chi connectivity index (χ3n) is 2.27. The molecule has 0 saturated heterocycles. The maximum absolute atomic E-state index is 12.6. The van der Waals surface area contributed by atoms with Crippen LogP contribution >= 0.6 is 0 Å². The van der Waals surface area contributed by atoms with E-state index in [1.54, 1.807) is 6.92 Å². The van der Waals surface area contributed by atoms with Crippen LogP contribution in [-0.2, 0) is 11.3 Å². The Hall–Kier alpha value is -1.56. The van der Waals surface area contributed by atoms with Crippen LogP contribution in [0, 0.1) is 6.92 Å². The van der Waals surface area contributed by atoms with Crippen molar-refractivity contribution < 1.29 is 18.3 Å². The lowest BCUT2D eigenvalue weighted by Gasteiger charge is -2.11. The van der Waals surface area contributed by atoms with Crippen LogP contribution in [0.25, 0.3) is 0 Å². The van der Waals surface area contributed by atoms with E-state index in [2.05, 4.69) is 4.98 Å². The summed E-state index contributed by atoms with van der Waals surface area (Å²) in [7, 11) is 0. The summed E-state index contributed by atoms with van der Waals surface area (Å²) in [6.45, 7) is 3.41. The smallest absolute Gasteiger partial charge is 0.338 e. The molecular formula is C11H14F2N2O2. The lowest BCUT2D eigenvalue weighted by molar-refractivity contribution is 0.0524. The number of ether oxygens (including phenoxy) is 1. The van der Waals surface area contributed by atoms with Gasteiger partial charge in [0.1, 0.15) is 5.69 Å². The fourth-order valence-electron chi connectivity index (χ4n) is 1.48. The number of rotatable bonds is 4. The number of esters is 1. The molecule has 17 heavy (non-hydrogen) atoms. The quantitative estimate of drug-likeness (QED) is 0.822. The molecule has 0 amide bonds. The van der Waals surface area contributed by atoms with Crippen molar-refractivity contribution in [3.63, 3.8) is 0 Å². The average Bonchev–Trinajstić information content (AvgIpc) is 2.28. The van der Waals surface area contributed by atoms with Gasteiger partial charge in [-0.25, -0.2) is 13.6 Å². The number of carbonyl (C=O) groups excluding carboxylic acids is 1. The van der Waals surface area contributed by atoms with Crippen LogP contribution in [0.5, 0.6) is 0 Å². The van der Waals surface area contributed by atoms with E-state index in [4.69, 9.17) is 10.5 Å². The Morgan fingerprint density at radius 1 is 1.59 bits per heavy atom. The van der Waals surface area contributed by atoms with Gasteiger partial charge in [0.2, 0.25) is 0 Å². The summed E-state index contributed by atoms with van der Waals surface area (Å²) >= 11 is 0. The Bertz CT molecular complexity index is 422. The van der Waals surface area contributed by atoms with Gasteiger partial charge in [0.05, 0.1) is 12.2 Å². The maximum Gasteiger partial charge on any atom is 0.338 e. The molecule has 0 unspecified atom stereocenters. The van der Waals surface area contributed by atoms with Crippen molar-refractivity contribution in [2.45, 2.75) is 26.8 Å². The first-order valence-corrected chi connectivity index (χ1v) is 5.17. The minimum absolute atomic E-state index is 0.0521. The van der Waals surface area contributed by atoms with Gasteiger partial charge in [0, 0.05) is 17.8 Å². The van der Waals surface area contributed by atoms with Crippen LogP contribution < -0.4 is 5.73 Å². The zero-order chi connectivity index (χ0) is 13.0. The minimum atomic E-state index is -2.73. The molecule has 0 aromatic carbocycles. The first kappa shape index (κ1) is 13.5. The Morgan fingerprint density at radius 2 is 2.24 bits per heavy atom. The molecule has 0 aliphatic carbocycles. The molecule has 0 spiro atoms. The van der Waals surface area contributed by atoms with Gasteiger partial charge in [-0.2, -0.15) is 0 Å². The van der Waals surface area contributed by atoms with E-state index in [-0.39, 0.29) is 18.7 Å². The first-order chi connectivity index (χ1) is 8.01. The second-order valence-corrected chi connectivity index (χ2v) is 3.38. The van der Waals surface area contributed by atoms with Crippen molar-refractivity contribution in [1.82, 2.24) is 4.98 Å². The number of aromatic nitrogens is 1. The fourth-order valence-corrected chi connectivity index (χ4v) is 1.48. The van der Waals surface area contributed by atoms with Gasteiger partial charge in [0.15, 0.2) is 0 Å². The highest BCUT2D eigenvalue weighted by Crippen LogP contribution is 2.22. The molecule has 1 rings (SSSR count). The molecule has 1 aromatic heterocycles. The third kappa shape index (κ3) is 2.97. The number of hydrogen-bond donors (Lipinski definition) is 1. The second-order valence-electron chi connectivity index (χ2n) is 3.38. The van der Waals surface area contributed by atoms with Crippen molar-refractivity contribution in [2.75, 3.05) is 6.61 Å². The molecule has 6 heteroatoms. The standard InChI is InChI=1S/C11H14F2N2O2/c1-3-17-11(16)7-4-9(10(12)13)15-6(2)8(7)5-14/h4,10H,3,5,14H2,1-2H3. The number of carbonyl (C=O) groups is 1. The molecule has 2 N–H and O–H groups in total. The molecule has 0 radical (unpaired) electrons. The van der Waals surface area contributed by atoms with Crippen LogP contribution in [-0.4, -0.2) is 17.6 Å². The predicted octanol–water partition coefficient (Wildman–Crippen LogP) is 1.96. The summed E-state index contributed by atoms with van der Waals surface area (Å²) in [6.07, 6.45) is -2.73. The summed E-state index contributed by atoms with van der Waals surface area (Å²) < 4.78 is 29.9. The number of pyridine rings is 1. The van der Waals surface area contributed by atoms with Gasteiger partial charge >= 0.3 is 5.97 Å². The summed E-state index contributed by atoms with van der Waals surface area (Å²) in [5.74, 6) is -0.652. The molecule has 0 atom stereocenters. The lowest BCUT2D eigenvalue weighted by atomic mass is 10.1. The number of hydrogen-bond acceptors (Lipinski definition) is 4. The summed E-state index contributed by atoms with van der Waals surface area (Å²) in [5.41, 5.74) is 5.87. The normalized spacial score (nSPS) is 10.7. The summed E-state index contributed by atoms with van der Waals surface area (Å²) in [5, 5.41) is 0. The van der Waals surface area contributed by atoms with E-state index in [9.17, 15) is 13.6 Å². The highest BCUT2D eigenvalue weighted by Gasteiger charge is 2.19. The molecular weight excluding hydrogens is 230 g/mol. The van der Waals surface area contributed by atoms with Crippen molar-refractivity contribution in [1.29, 1.82) is 0 Å². The van der Waals surface area contributed by atoms with Crippen LogP contribution in [0.1, 0.15) is 40.7 Å². The van der Waals surface area contributed by atoms with Crippen LogP contribution in [0.15, 0.2) is 6.07 Å². The molecule has 0 aliphatic heterocycles. The predicted molar refractivity (Wildman–Crippen MR) is 57.8 cm³/mol. The Kier molecular flexibility index (Phi) is 4.51. The zero-order valence-electron chi connectivity index (χ0n) is 9.67. The summed E-state index contributed by atoms with van der Waals surface area (Å²) in [6, 6.07) is 1.04. The minimum Gasteiger partial charge on any atom is -0.462 e. The highest BCUT2D eigenvalue weighted by molar-refractivity contribution is 5.91. The Balaban J connectivity index is 3.28. The largest absolute Gasteiger partial charge is 0.462 e. The van der Waals surface area contributed by atoms with Gasteiger partial charge in [0.25, 0.3) is 6.43 Å². The Labute approximate surface area is 97.8 Å². The summed E-state index contributed by atoms with van der Waals surface area (Å²) in [4.78, 5) is 15.3. The molecule has 0 aliphatic rings. The van der Waals surface area contributed by atoms with Crippen molar-refractivity contribution >= 4 is 5.97 Å². The number of nitrogens with zero attached hydrogens (tertiary/aromatic N) is 1. The van der Waals surface area contributed by atoms with Crippen LogP contribution in [0.3, 0.4) is 0 Å². The van der Waals surface area contributed by atoms with E-state index in [0.29, 0.717) is 11.3 Å². The van der Waals surface area contributed by atoms with Gasteiger partial charge < -0.3 is 10.5 Å². The van der Waals surface area contributed by atoms with Crippen LogP contribution in [0.4, 0.5) is 8.78 Å². The molecule has 4 nitrogen and oxygen atoms in total. The van der Waals surface area contributed by atoms with E-state index >= 15 is 0 Å². The first-order valence-electron chi connectivity index (χ1n) is 5.17. The number of alkyl halides is 2. The molecule has 1 heterocycles. The van der Waals surface area contributed by atoms with E-state index < -0.39 is 18.1 Å². The number of halogens is 2. The van der Waals surface area contributed by atoms with E-state index in [1.807, 2.05) is 0 Å². The van der Waals surface area contributed by atoms with Crippen molar-refractivity contribution in [3.05, 3.63) is 28.6 Å². The van der Waals surface area contributed by atoms with Gasteiger partial charge in [-0.15, -0.1) is 0 Å². The molecule has 0 bridgehead atoms. The monoisotopic (exact) mass is 244 g/mol. The average molecular weight is 244 g/mol. The maximum atomic E-state index is 12.6. The third-order valence-corrected chi connectivity index (χ3v) is 2.27. The fraction of sp³-hybridized carbons (Fsp3) is 0.455. The SMILES string of the molecule is CCOC(=O)c1cc(C(F)F)nc(C)c1CN. The zero-order valence-corrected chi connectivity index (χ0v) is 9.67. The van der Waals surface area contributed by atoms with Gasteiger partial charge in [-0.05, 0) is 19.9 Å². The molecule has 0 saturated carbocycles. The molecule has 0 fully saturated rings. The van der Waals surface area contributed by atoms with Crippen LogP contribution in [0.2, 0.25) is 0 Å². The number of nitrogens with two attached hydrogens (primary N) is 1. The van der Waals surface area contributed by atoms with E-state index in [0.717, 1.165) is 6.07 Å². The van der Waals surface area contributed by atoms with Gasteiger partial charge in [-0.1, -0.05) is 0 Å². The van der Waals surface area contributed by atoms with Crippen molar-refractivity contribution in [3.8, 4) is 0 Å². The Morgan fingerprint density at radius 3 is 2.71 bits per heavy atom. The highest BCUT2D eigenvalue weighted by atomic mass is 19.3. The van der Waals surface area contributed by atoms with E-state index in [1.165, 1.54) is 6.92 Å². The van der Waals surface area contributed by atoms with Gasteiger partial charge in [-0.3, -0.25) is 4.98 Å².